The van der Waals surface area contributed by atoms with E-state index >= 15 is 0 Å². The Morgan fingerprint density at radius 1 is 1.04 bits per heavy atom. The van der Waals surface area contributed by atoms with E-state index in [0.29, 0.717) is 12.5 Å². The summed E-state index contributed by atoms with van der Waals surface area (Å²) >= 11 is 0. The van der Waals surface area contributed by atoms with Gasteiger partial charge in [-0.2, -0.15) is 0 Å². The van der Waals surface area contributed by atoms with Gasteiger partial charge in [-0.3, -0.25) is 0 Å². The largest absolute Gasteiger partial charge is 0.349 e. The highest BCUT2D eigenvalue weighted by atomic mass is 19.1. The molecule has 2 heterocycles. The summed E-state index contributed by atoms with van der Waals surface area (Å²) in [6.07, 6.45) is 2.67. The highest BCUT2D eigenvalue weighted by Crippen LogP contribution is 2.36. The quantitative estimate of drug-likeness (QED) is 0.616. The summed E-state index contributed by atoms with van der Waals surface area (Å²) in [6.45, 7) is 7.36. The van der Waals surface area contributed by atoms with Gasteiger partial charge in [0.2, 0.25) is 0 Å². The van der Waals surface area contributed by atoms with Crippen LogP contribution < -0.4 is 4.90 Å². The highest BCUT2D eigenvalue weighted by Gasteiger charge is 2.28. The predicted octanol–water partition coefficient (Wildman–Crippen LogP) is 5.34. The van der Waals surface area contributed by atoms with Crippen molar-refractivity contribution in [3.05, 3.63) is 88.1 Å². The minimum Gasteiger partial charge on any atom is -0.349 e. The van der Waals surface area contributed by atoms with Crippen LogP contribution in [0.2, 0.25) is 0 Å². The van der Waals surface area contributed by atoms with Crippen LogP contribution in [0.4, 0.5) is 10.2 Å². The molecule has 0 saturated heterocycles. The topological polar surface area (TPSA) is 29.0 Å². The molecule has 4 rings (SSSR count). The molecule has 28 heavy (non-hydrogen) atoms. The van der Waals surface area contributed by atoms with Gasteiger partial charge in [0.25, 0.3) is 0 Å². The summed E-state index contributed by atoms with van der Waals surface area (Å²) in [4.78, 5) is 12.1. The molecule has 1 unspecified atom stereocenters. The minimum atomic E-state index is -0.219. The Morgan fingerprint density at radius 2 is 1.79 bits per heavy atom. The van der Waals surface area contributed by atoms with Crippen LogP contribution >= 0.6 is 0 Å². The minimum absolute atomic E-state index is 0.219. The predicted molar refractivity (Wildman–Crippen MR) is 111 cm³/mol. The van der Waals surface area contributed by atoms with Crippen molar-refractivity contribution in [2.45, 2.75) is 46.1 Å². The molecule has 3 aromatic rings. The van der Waals surface area contributed by atoms with E-state index in [1.54, 1.807) is 12.1 Å². The van der Waals surface area contributed by atoms with Crippen molar-refractivity contribution < 1.29 is 4.39 Å². The molecule has 1 aliphatic heterocycles. The van der Waals surface area contributed by atoms with Crippen LogP contribution in [-0.2, 0) is 12.8 Å². The third-order valence-corrected chi connectivity index (χ3v) is 5.76. The Balaban J connectivity index is 1.71. The smallest absolute Gasteiger partial charge is 0.136 e. The number of halogens is 1. The highest BCUT2D eigenvalue weighted by molar-refractivity contribution is 5.53. The van der Waals surface area contributed by atoms with Crippen molar-refractivity contribution in [3.8, 4) is 0 Å². The lowest BCUT2D eigenvalue weighted by molar-refractivity contribution is 0.558. The molecule has 1 aliphatic rings. The SMILES string of the molecule is CCC1c2ccccc2CCN1c1nc(Cc2ccc(F)cc2)nc(C)c1C. The van der Waals surface area contributed by atoms with Crippen molar-refractivity contribution in [1.29, 1.82) is 0 Å². The van der Waals surface area contributed by atoms with E-state index in [0.717, 1.165) is 47.8 Å². The number of nitrogens with zero attached hydrogens (tertiary/aromatic N) is 3. The average Bonchev–Trinajstić information content (AvgIpc) is 2.71. The Hall–Kier alpha value is -2.75. The summed E-state index contributed by atoms with van der Waals surface area (Å²) in [6, 6.07) is 15.7. The zero-order valence-corrected chi connectivity index (χ0v) is 16.7. The standard InChI is InChI=1S/C24H26FN3/c1-4-22-21-8-6-5-7-19(21)13-14-28(22)24-16(2)17(3)26-23(27-24)15-18-9-11-20(25)12-10-18/h5-12,22H,4,13-15H2,1-3H3. The van der Waals surface area contributed by atoms with Gasteiger partial charge < -0.3 is 4.90 Å². The van der Waals surface area contributed by atoms with Crippen molar-refractivity contribution in [2.75, 3.05) is 11.4 Å². The number of anilines is 1. The molecule has 0 N–H and O–H groups in total. The first-order valence-corrected chi connectivity index (χ1v) is 9.99. The van der Waals surface area contributed by atoms with Gasteiger partial charge in [0.15, 0.2) is 0 Å². The molecule has 0 saturated carbocycles. The lowest BCUT2D eigenvalue weighted by Crippen LogP contribution is -2.36. The number of rotatable bonds is 4. The number of aryl methyl sites for hydroxylation is 1. The van der Waals surface area contributed by atoms with Crippen molar-refractivity contribution in [2.24, 2.45) is 0 Å². The summed E-state index contributed by atoms with van der Waals surface area (Å²) < 4.78 is 13.2. The molecule has 0 aliphatic carbocycles. The zero-order valence-electron chi connectivity index (χ0n) is 16.7. The van der Waals surface area contributed by atoms with Crippen molar-refractivity contribution >= 4 is 5.82 Å². The molecule has 1 aromatic heterocycles. The summed E-state index contributed by atoms with van der Waals surface area (Å²) in [7, 11) is 0. The van der Waals surface area contributed by atoms with Crippen LogP contribution in [0, 0.1) is 19.7 Å². The lowest BCUT2D eigenvalue weighted by Gasteiger charge is -2.39. The second-order valence-electron chi connectivity index (χ2n) is 7.54. The third kappa shape index (κ3) is 3.51. The number of hydrogen-bond donors (Lipinski definition) is 0. The molecule has 3 nitrogen and oxygen atoms in total. The zero-order chi connectivity index (χ0) is 19.7. The summed E-state index contributed by atoms with van der Waals surface area (Å²) in [5, 5.41) is 0. The van der Waals surface area contributed by atoms with Crippen LogP contribution in [0.3, 0.4) is 0 Å². The molecule has 0 fully saturated rings. The van der Waals surface area contributed by atoms with Crippen molar-refractivity contribution in [3.63, 3.8) is 0 Å². The fraction of sp³-hybridized carbons (Fsp3) is 0.333. The van der Waals surface area contributed by atoms with E-state index in [-0.39, 0.29) is 5.82 Å². The maximum absolute atomic E-state index is 13.2. The maximum atomic E-state index is 13.2. The Kier molecular flexibility index (Phi) is 5.12. The molecular weight excluding hydrogens is 349 g/mol. The van der Waals surface area contributed by atoms with E-state index in [1.165, 1.54) is 23.3 Å². The second-order valence-corrected chi connectivity index (χ2v) is 7.54. The van der Waals surface area contributed by atoms with Gasteiger partial charge in [-0.05, 0) is 55.5 Å². The summed E-state index contributed by atoms with van der Waals surface area (Å²) in [5.41, 5.74) is 6.02. The molecule has 1 atom stereocenters. The first kappa shape index (κ1) is 18.6. The lowest BCUT2D eigenvalue weighted by atomic mass is 9.91. The van der Waals surface area contributed by atoms with Gasteiger partial charge in [0.1, 0.15) is 17.5 Å². The van der Waals surface area contributed by atoms with E-state index in [1.807, 2.05) is 6.92 Å². The first-order valence-electron chi connectivity index (χ1n) is 9.99. The van der Waals surface area contributed by atoms with E-state index in [2.05, 4.69) is 43.0 Å². The molecule has 2 aromatic carbocycles. The normalized spacial score (nSPS) is 16.1. The van der Waals surface area contributed by atoms with Gasteiger partial charge >= 0.3 is 0 Å². The van der Waals surface area contributed by atoms with Gasteiger partial charge in [-0.15, -0.1) is 0 Å². The van der Waals surface area contributed by atoms with E-state index < -0.39 is 0 Å². The van der Waals surface area contributed by atoms with Crippen LogP contribution in [0.5, 0.6) is 0 Å². The van der Waals surface area contributed by atoms with Crippen LogP contribution in [-0.4, -0.2) is 16.5 Å². The molecule has 0 amide bonds. The van der Waals surface area contributed by atoms with Gasteiger partial charge in [0.05, 0.1) is 6.04 Å². The summed E-state index contributed by atoms with van der Waals surface area (Å²) in [5.74, 6) is 1.60. The van der Waals surface area contributed by atoms with E-state index in [4.69, 9.17) is 9.97 Å². The number of fused-ring (bicyclic) bond motifs is 1. The third-order valence-electron chi connectivity index (χ3n) is 5.76. The molecule has 144 valence electrons. The van der Waals surface area contributed by atoms with Gasteiger partial charge in [0, 0.05) is 24.2 Å². The van der Waals surface area contributed by atoms with Crippen molar-refractivity contribution in [1.82, 2.24) is 9.97 Å². The Bertz CT molecular complexity index is 982. The number of aromatic nitrogens is 2. The fourth-order valence-corrected chi connectivity index (χ4v) is 4.16. The Morgan fingerprint density at radius 3 is 2.54 bits per heavy atom. The van der Waals surface area contributed by atoms with E-state index in [9.17, 15) is 4.39 Å². The number of benzene rings is 2. The molecule has 0 spiro atoms. The fourth-order valence-electron chi connectivity index (χ4n) is 4.16. The first-order chi connectivity index (χ1) is 13.6. The van der Waals surface area contributed by atoms with Crippen LogP contribution in [0.25, 0.3) is 0 Å². The average molecular weight is 375 g/mol. The van der Waals surface area contributed by atoms with Gasteiger partial charge in [-0.25, -0.2) is 14.4 Å². The molecule has 4 heteroatoms. The molecule has 0 bridgehead atoms. The van der Waals surface area contributed by atoms with Gasteiger partial charge in [-0.1, -0.05) is 43.3 Å². The second kappa shape index (κ2) is 7.70. The molecule has 0 radical (unpaired) electrons. The number of hydrogen-bond acceptors (Lipinski definition) is 3. The Labute approximate surface area is 166 Å². The van der Waals surface area contributed by atoms with Crippen LogP contribution in [0.1, 0.15) is 53.2 Å². The maximum Gasteiger partial charge on any atom is 0.136 e. The molecular formula is C24H26FN3. The van der Waals surface area contributed by atoms with Crippen LogP contribution in [0.15, 0.2) is 48.5 Å². The monoisotopic (exact) mass is 375 g/mol.